The molecule has 34 heavy (non-hydrogen) atoms. The number of fused-ring (bicyclic) bond motifs is 1. The Bertz CT molecular complexity index is 1220. The molecule has 0 aliphatic carbocycles. The first-order chi connectivity index (χ1) is 16.5. The summed E-state index contributed by atoms with van der Waals surface area (Å²) < 4.78 is 7.14. The molecule has 0 bridgehead atoms. The first-order valence-corrected chi connectivity index (χ1v) is 12.2. The monoisotopic (exact) mass is 482 g/mol. The number of ether oxygens (including phenoxy) is 1. The molecule has 4 rings (SSSR count). The quantitative estimate of drug-likeness (QED) is 0.203. The van der Waals surface area contributed by atoms with Crippen LogP contribution in [0.5, 0.6) is 0 Å². The van der Waals surface area contributed by atoms with E-state index in [0.717, 1.165) is 25.0 Å². The zero-order valence-electron chi connectivity index (χ0n) is 18.6. The van der Waals surface area contributed by atoms with E-state index in [4.69, 9.17) is 4.74 Å². The van der Waals surface area contributed by atoms with E-state index >= 15 is 0 Å². The van der Waals surface area contributed by atoms with Crippen LogP contribution in [-0.2, 0) is 21.8 Å². The summed E-state index contributed by atoms with van der Waals surface area (Å²) in [5.74, 6) is 0.447. The maximum atomic E-state index is 13.2. The molecular formula is C24H26N4O5S. The number of hydrogen-bond donors (Lipinski definition) is 1. The van der Waals surface area contributed by atoms with Crippen LogP contribution in [0.2, 0.25) is 0 Å². The predicted molar refractivity (Wildman–Crippen MR) is 130 cm³/mol. The zero-order valence-corrected chi connectivity index (χ0v) is 19.5. The Morgan fingerprint density at radius 1 is 1.24 bits per heavy atom. The molecule has 1 aliphatic heterocycles. The van der Waals surface area contributed by atoms with E-state index in [0.29, 0.717) is 47.7 Å². The highest BCUT2D eigenvalue weighted by Gasteiger charge is 2.17. The van der Waals surface area contributed by atoms with Gasteiger partial charge in [0, 0.05) is 44.0 Å². The Hall–Kier alpha value is -3.24. The zero-order chi connectivity index (χ0) is 23.9. The topological polar surface area (TPSA) is 116 Å². The summed E-state index contributed by atoms with van der Waals surface area (Å²) in [6.45, 7) is 1.64. The van der Waals surface area contributed by atoms with E-state index in [9.17, 15) is 19.7 Å². The van der Waals surface area contributed by atoms with E-state index in [2.05, 4.69) is 10.3 Å². The Balaban J connectivity index is 1.44. The second-order valence-corrected chi connectivity index (χ2v) is 9.07. The number of nitro benzene ring substituents is 1. The average Bonchev–Trinajstić information content (AvgIpc) is 3.37. The molecule has 1 N–H and O–H groups in total. The molecule has 0 radical (unpaired) electrons. The Morgan fingerprint density at radius 2 is 2.03 bits per heavy atom. The Morgan fingerprint density at radius 3 is 2.76 bits per heavy atom. The van der Waals surface area contributed by atoms with E-state index in [1.54, 1.807) is 34.9 Å². The number of carbonyl (C=O) groups excluding carboxylic acids is 1. The predicted octanol–water partition coefficient (Wildman–Crippen LogP) is 3.67. The summed E-state index contributed by atoms with van der Waals surface area (Å²) in [7, 11) is 0. The highest BCUT2D eigenvalue weighted by molar-refractivity contribution is 7.98. The number of para-hydroxylation sites is 1. The minimum atomic E-state index is -0.434. The van der Waals surface area contributed by atoms with Crippen LogP contribution in [0.3, 0.4) is 0 Å². The van der Waals surface area contributed by atoms with Gasteiger partial charge in [-0.2, -0.15) is 0 Å². The number of aromatic nitrogens is 2. The van der Waals surface area contributed by atoms with E-state index in [-0.39, 0.29) is 23.3 Å². The van der Waals surface area contributed by atoms with Crippen molar-refractivity contribution in [1.29, 1.82) is 0 Å². The first-order valence-electron chi connectivity index (χ1n) is 11.3. The lowest BCUT2D eigenvalue weighted by molar-refractivity contribution is -0.384. The third-order valence-corrected chi connectivity index (χ3v) is 6.73. The average molecular weight is 483 g/mol. The minimum Gasteiger partial charge on any atom is -0.376 e. The second kappa shape index (κ2) is 11.3. The molecule has 1 amide bonds. The van der Waals surface area contributed by atoms with Gasteiger partial charge in [0.15, 0.2) is 5.16 Å². The largest absolute Gasteiger partial charge is 0.376 e. The fourth-order valence-corrected chi connectivity index (χ4v) is 4.82. The van der Waals surface area contributed by atoms with E-state index in [1.165, 1.54) is 23.9 Å². The van der Waals surface area contributed by atoms with Crippen LogP contribution >= 0.6 is 11.8 Å². The lowest BCUT2D eigenvalue weighted by atomic mass is 10.2. The number of hydrogen-bond acceptors (Lipinski definition) is 7. The van der Waals surface area contributed by atoms with Gasteiger partial charge in [0.05, 0.1) is 21.9 Å². The minimum absolute atomic E-state index is 0.0345. The lowest BCUT2D eigenvalue weighted by Crippen LogP contribution is -2.32. The van der Waals surface area contributed by atoms with Crippen LogP contribution in [0.25, 0.3) is 10.9 Å². The van der Waals surface area contributed by atoms with Crippen LogP contribution in [0, 0.1) is 10.1 Å². The number of nitrogens with one attached hydrogen (secondary N) is 1. The molecule has 9 nitrogen and oxygen atoms in total. The van der Waals surface area contributed by atoms with Gasteiger partial charge in [0.25, 0.3) is 11.2 Å². The molecule has 0 spiro atoms. The molecule has 2 heterocycles. The van der Waals surface area contributed by atoms with Crippen molar-refractivity contribution in [3.05, 3.63) is 74.6 Å². The molecule has 1 fully saturated rings. The number of non-ortho nitro benzene ring substituents is 1. The molecule has 2 aromatic carbocycles. The molecule has 1 saturated heterocycles. The van der Waals surface area contributed by atoms with Gasteiger partial charge in [-0.3, -0.25) is 24.3 Å². The van der Waals surface area contributed by atoms with Gasteiger partial charge in [-0.25, -0.2) is 4.98 Å². The van der Waals surface area contributed by atoms with Crippen molar-refractivity contribution in [2.24, 2.45) is 0 Å². The summed E-state index contributed by atoms with van der Waals surface area (Å²) in [4.78, 5) is 40.5. The number of benzene rings is 2. The van der Waals surface area contributed by atoms with Gasteiger partial charge < -0.3 is 10.1 Å². The standard InChI is InChI=1S/C24H26N4O5S/c29-22(25-15-19-5-4-14-33-19)8-3-13-27-23(30)20-6-1-2-7-21(20)26-24(27)34-16-17-9-11-18(12-10-17)28(31)32/h1-2,6-7,9-12,19H,3-5,8,13-16H2,(H,25,29)/t19-/m0/s1. The number of amides is 1. The molecule has 3 aromatic rings. The van der Waals surface area contributed by atoms with Crippen molar-refractivity contribution >= 4 is 34.3 Å². The summed E-state index contributed by atoms with van der Waals surface area (Å²) >= 11 is 1.39. The molecule has 1 aliphatic rings. The van der Waals surface area contributed by atoms with Crippen molar-refractivity contribution in [2.45, 2.75) is 49.2 Å². The number of carbonyl (C=O) groups is 1. The van der Waals surface area contributed by atoms with Crippen LogP contribution in [0.4, 0.5) is 5.69 Å². The van der Waals surface area contributed by atoms with Crippen molar-refractivity contribution < 1.29 is 14.5 Å². The second-order valence-electron chi connectivity index (χ2n) is 8.12. The molecule has 10 heteroatoms. The van der Waals surface area contributed by atoms with Crippen LogP contribution < -0.4 is 10.9 Å². The highest BCUT2D eigenvalue weighted by atomic mass is 32.2. The van der Waals surface area contributed by atoms with Crippen molar-refractivity contribution in [3.63, 3.8) is 0 Å². The van der Waals surface area contributed by atoms with E-state index < -0.39 is 4.92 Å². The van der Waals surface area contributed by atoms with Gasteiger partial charge in [0.2, 0.25) is 5.91 Å². The fourth-order valence-electron chi connectivity index (χ4n) is 3.84. The third kappa shape index (κ3) is 6.00. The number of thioether (sulfide) groups is 1. The SMILES string of the molecule is O=C(CCCn1c(SCc2ccc([N+](=O)[O-])cc2)nc2ccccc2c1=O)NC[C@@H]1CCCO1. The van der Waals surface area contributed by atoms with Gasteiger partial charge in [0.1, 0.15) is 0 Å². The first kappa shape index (κ1) is 23.9. The lowest BCUT2D eigenvalue weighted by Gasteiger charge is -2.14. The molecule has 1 aromatic heterocycles. The summed E-state index contributed by atoms with van der Waals surface area (Å²) in [5.41, 5.74) is 1.39. The molecular weight excluding hydrogens is 456 g/mol. The Labute approximate surface area is 200 Å². The Kier molecular flexibility index (Phi) is 7.91. The van der Waals surface area contributed by atoms with Crippen LogP contribution in [0.1, 0.15) is 31.2 Å². The smallest absolute Gasteiger partial charge is 0.269 e. The van der Waals surface area contributed by atoms with Crippen molar-refractivity contribution in [3.8, 4) is 0 Å². The third-order valence-electron chi connectivity index (χ3n) is 5.68. The van der Waals surface area contributed by atoms with Crippen LogP contribution in [-0.4, -0.2) is 39.6 Å². The maximum absolute atomic E-state index is 13.2. The normalized spacial score (nSPS) is 15.5. The van der Waals surface area contributed by atoms with Gasteiger partial charge in [-0.15, -0.1) is 0 Å². The van der Waals surface area contributed by atoms with Gasteiger partial charge in [-0.1, -0.05) is 36.0 Å². The molecule has 178 valence electrons. The highest BCUT2D eigenvalue weighted by Crippen LogP contribution is 2.24. The number of rotatable bonds is 10. The fraction of sp³-hybridized carbons (Fsp3) is 0.375. The van der Waals surface area contributed by atoms with Gasteiger partial charge >= 0.3 is 0 Å². The number of nitrogens with zero attached hydrogens (tertiary/aromatic N) is 3. The van der Waals surface area contributed by atoms with Crippen molar-refractivity contribution in [1.82, 2.24) is 14.9 Å². The van der Waals surface area contributed by atoms with E-state index in [1.807, 2.05) is 6.07 Å². The van der Waals surface area contributed by atoms with Crippen LogP contribution in [0.15, 0.2) is 58.5 Å². The van der Waals surface area contributed by atoms with Crippen molar-refractivity contribution in [2.75, 3.05) is 13.2 Å². The maximum Gasteiger partial charge on any atom is 0.269 e. The molecule has 1 atom stereocenters. The molecule has 0 saturated carbocycles. The van der Waals surface area contributed by atoms with Gasteiger partial charge in [-0.05, 0) is 37.0 Å². The number of nitro groups is 1. The summed E-state index contributed by atoms with van der Waals surface area (Å²) in [6, 6.07) is 13.5. The summed E-state index contributed by atoms with van der Waals surface area (Å²) in [5, 5.41) is 14.9. The molecule has 0 unspecified atom stereocenters. The summed E-state index contributed by atoms with van der Waals surface area (Å²) in [6.07, 6.45) is 2.89.